The molecule has 0 saturated carbocycles. The van der Waals surface area contributed by atoms with Crippen LogP contribution >= 0.6 is 0 Å². The zero-order valence-corrected chi connectivity index (χ0v) is 12.1. The van der Waals surface area contributed by atoms with Gasteiger partial charge in [-0.15, -0.1) is 0 Å². The number of para-hydroxylation sites is 3. The van der Waals surface area contributed by atoms with Crippen LogP contribution < -0.4 is 16.0 Å². The van der Waals surface area contributed by atoms with Gasteiger partial charge in [-0.3, -0.25) is 9.59 Å². The van der Waals surface area contributed by atoms with Crippen molar-refractivity contribution in [3.05, 3.63) is 54.1 Å². The van der Waals surface area contributed by atoms with E-state index in [-0.39, 0.29) is 18.4 Å². The van der Waals surface area contributed by atoms with E-state index in [9.17, 15) is 9.59 Å². The highest BCUT2D eigenvalue weighted by molar-refractivity contribution is 6.04. The summed E-state index contributed by atoms with van der Waals surface area (Å²) < 4.78 is 0. The molecular formula is C17H17N3O2. The number of hydrogen-bond donors (Lipinski definition) is 2. The average Bonchev–Trinajstić information content (AvgIpc) is 2.52. The molecular weight excluding hydrogens is 278 g/mol. The summed E-state index contributed by atoms with van der Waals surface area (Å²) in [5, 5.41) is 2.75. The zero-order chi connectivity index (χ0) is 15.5. The van der Waals surface area contributed by atoms with Crippen LogP contribution in [0.4, 0.5) is 17.1 Å². The second-order valence-electron chi connectivity index (χ2n) is 5.24. The van der Waals surface area contributed by atoms with Gasteiger partial charge < -0.3 is 16.0 Å². The Labute approximate surface area is 128 Å². The molecule has 0 fully saturated rings. The monoisotopic (exact) mass is 295 g/mol. The number of aryl methyl sites for hydroxylation is 1. The summed E-state index contributed by atoms with van der Waals surface area (Å²) in [6.07, 6.45) is 1.15. The van der Waals surface area contributed by atoms with Gasteiger partial charge in [0.25, 0.3) is 0 Å². The third kappa shape index (κ3) is 2.79. The molecule has 1 aliphatic rings. The van der Waals surface area contributed by atoms with Crippen molar-refractivity contribution >= 4 is 28.9 Å². The van der Waals surface area contributed by atoms with Crippen molar-refractivity contribution in [2.75, 3.05) is 22.5 Å². The van der Waals surface area contributed by atoms with Crippen LogP contribution in [-0.2, 0) is 16.0 Å². The van der Waals surface area contributed by atoms with E-state index in [0.29, 0.717) is 17.8 Å². The minimum atomic E-state index is -0.261. The highest BCUT2D eigenvalue weighted by Crippen LogP contribution is 2.27. The Balaban J connectivity index is 1.77. The van der Waals surface area contributed by atoms with Crippen LogP contribution in [-0.4, -0.2) is 18.4 Å². The Bertz CT molecular complexity index is 727. The summed E-state index contributed by atoms with van der Waals surface area (Å²) in [5.41, 5.74) is 8.78. The molecule has 2 amide bonds. The van der Waals surface area contributed by atoms with Crippen molar-refractivity contribution in [1.82, 2.24) is 0 Å². The Morgan fingerprint density at radius 3 is 2.64 bits per heavy atom. The molecule has 0 atom stereocenters. The molecule has 0 radical (unpaired) electrons. The minimum Gasteiger partial charge on any atom is -0.397 e. The first-order chi connectivity index (χ1) is 10.6. The molecule has 3 N–H and O–H groups in total. The van der Waals surface area contributed by atoms with Crippen LogP contribution in [0, 0.1) is 0 Å². The van der Waals surface area contributed by atoms with Crippen LogP contribution in [0.3, 0.4) is 0 Å². The normalized spacial score (nSPS) is 13.6. The van der Waals surface area contributed by atoms with Gasteiger partial charge in [0.05, 0.1) is 11.4 Å². The van der Waals surface area contributed by atoms with Gasteiger partial charge in [0.15, 0.2) is 0 Å². The summed E-state index contributed by atoms with van der Waals surface area (Å²) in [4.78, 5) is 25.9. The molecule has 5 nitrogen and oxygen atoms in total. The Morgan fingerprint density at radius 2 is 1.82 bits per heavy atom. The van der Waals surface area contributed by atoms with Gasteiger partial charge in [0.1, 0.15) is 6.54 Å². The first-order valence-corrected chi connectivity index (χ1v) is 7.18. The second-order valence-corrected chi connectivity index (χ2v) is 5.24. The van der Waals surface area contributed by atoms with Gasteiger partial charge in [-0.1, -0.05) is 30.3 Å². The topological polar surface area (TPSA) is 75.4 Å². The smallest absolute Gasteiger partial charge is 0.244 e. The number of carbonyl (C=O) groups excluding carboxylic acids is 2. The molecule has 3 rings (SSSR count). The van der Waals surface area contributed by atoms with Crippen molar-refractivity contribution in [3.8, 4) is 0 Å². The number of rotatable bonds is 3. The Morgan fingerprint density at radius 1 is 1.09 bits per heavy atom. The number of nitrogens with two attached hydrogens (primary N) is 1. The van der Waals surface area contributed by atoms with Crippen molar-refractivity contribution in [1.29, 1.82) is 0 Å². The molecule has 1 heterocycles. The molecule has 112 valence electrons. The van der Waals surface area contributed by atoms with Crippen molar-refractivity contribution in [2.24, 2.45) is 0 Å². The van der Waals surface area contributed by atoms with Crippen LogP contribution in [0.5, 0.6) is 0 Å². The molecule has 1 aliphatic heterocycles. The summed E-state index contributed by atoms with van der Waals surface area (Å²) in [5.74, 6) is -0.294. The summed E-state index contributed by atoms with van der Waals surface area (Å²) in [6.45, 7) is -0.00974. The lowest BCUT2D eigenvalue weighted by atomic mass is 10.0. The number of nitrogen functional groups attached to an aromatic ring is 1. The highest BCUT2D eigenvalue weighted by Gasteiger charge is 2.25. The highest BCUT2D eigenvalue weighted by atomic mass is 16.2. The number of anilines is 3. The lowest BCUT2D eigenvalue weighted by Gasteiger charge is -2.28. The molecule has 2 aromatic carbocycles. The second kappa shape index (κ2) is 5.89. The Kier molecular flexibility index (Phi) is 3.78. The average molecular weight is 295 g/mol. The predicted molar refractivity (Wildman–Crippen MR) is 86.6 cm³/mol. The summed E-state index contributed by atoms with van der Waals surface area (Å²) >= 11 is 0. The summed E-state index contributed by atoms with van der Waals surface area (Å²) in [6, 6.07) is 14.7. The van der Waals surface area contributed by atoms with E-state index in [4.69, 9.17) is 5.73 Å². The number of amides is 2. The molecule has 0 spiro atoms. The predicted octanol–water partition coefficient (Wildman–Crippen LogP) is 2.19. The third-order valence-corrected chi connectivity index (χ3v) is 3.73. The standard InChI is InChI=1S/C17H17N3O2/c18-13-6-2-3-7-14(13)19-16(21)11-20-15-8-4-1-5-12(15)9-10-17(20)22/h1-8H,9-11,18H2,(H,19,21). The molecule has 0 unspecified atom stereocenters. The van der Waals surface area contributed by atoms with Crippen LogP contribution in [0.25, 0.3) is 0 Å². The van der Waals surface area contributed by atoms with E-state index in [1.807, 2.05) is 24.3 Å². The maximum absolute atomic E-state index is 12.2. The lowest BCUT2D eigenvalue weighted by molar-refractivity contribution is -0.121. The van der Waals surface area contributed by atoms with Crippen LogP contribution in [0.15, 0.2) is 48.5 Å². The maximum Gasteiger partial charge on any atom is 0.244 e. The number of fused-ring (bicyclic) bond motifs is 1. The zero-order valence-electron chi connectivity index (χ0n) is 12.1. The fourth-order valence-electron chi connectivity index (χ4n) is 2.61. The van der Waals surface area contributed by atoms with Gasteiger partial charge in [-0.05, 0) is 30.2 Å². The fourth-order valence-corrected chi connectivity index (χ4v) is 2.61. The first kappa shape index (κ1) is 14.1. The summed E-state index contributed by atoms with van der Waals surface area (Å²) in [7, 11) is 0. The van der Waals surface area contributed by atoms with Crippen LogP contribution in [0.2, 0.25) is 0 Å². The largest absolute Gasteiger partial charge is 0.397 e. The van der Waals surface area contributed by atoms with Gasteiger partial charge in [0.2, 0.25) is 11.8 Å². The number of benzene rings is 2. The van der Waals surface area contributed by atoms with Crippen molar-refractivity contribution in [2.45, 2.75) is 12.8 Å². The quantitative estimate of drug-likeness (QED) is 0.852. The number of nitrogens with zero attached hydrogens (tertiary/aromatic N) is 1. The van der Waals surface area contributed by atoms with E-state index >= 15 is 0 Å². The number of hydrogen-bond acceptors (Lipinski definition) is 3. The van der Waals surface area contributed by atoms with Gasteiger partial charge >= 0.3 is 0 Å². The van der Waals surface area contributed by atoms with E-state index in [2.05, 4.69) is 5.32 Å². The van der Waals surface area contributed by atoms with Crippen molar-refractivity contribution in [3.63, 3.8) is 0 Å². The SMILES string of the molecule is Nc1ccccc1NC(=O)CN1C(=O)CCc2ccccc21. The third-order valence-electron chi connectivity index (χ3n) is 3.73. The number of carbonyl (C=O) groups is 2. The van der Waals surface area contributed by atoms with Gasteiger partial charge in [0, 0.05) is 12.1 Å². The van der Waals surface area contributed by atoms with Gasteiger partial charge in [-0.2, -0.15) is 0 Å². The minimum absolute atomic E-state index is 0.00974. The molecule has 5 heteroatoms. The fraction of sp³-hybridized carbons (Fsp3) is 0.176. The molecule has 2 aromatic rings. The van der Waals surface area contributed by atoms with E-state index in [1.165, 1.54) is 4.90 Å². The van der Waals surface area contributed by atoms with Crippen LogP contribution in [0.1, 0.15) is 12.0 Å². The first-order valence-electron chi connectivity index (χ1n) is 7.18. The molecule has 0 aliphatic carbocycles. The molecule has 0 aromatic heterocycles. The number of nitrogens with one attached hydrogen (secondary N) is 1. The van der Waals surface area contributed by atoms with Gasteiger partial charge in [-0.25, -0.2) is 0 Å². The van der Waals surface area contributed by atoms with E-state index in [1.54, 1.807) is 24.3 Å². The Hall–Kier alpha value is -2.82. The molecule has 0 bridgehead atoms. The molecule has 0 saturated heterocycles. The van der Waals surface area contributed by atoms with E-state index in [0.717, 1.165) is 17.7 Å². The van der Waals surface area contributed by atoms with Crippen molar-refractivity contribution < 1.29 is 9.59 Å². The van der Waals surface area contributed by atoms with E-state index < -0.39 is 0 Å². The maximum atomic E-state index is 12.2. The molecule has 22 heavy (non-hydrogen) atoms. The lowest BCUT2D eigenvalue weighted by Crippen LogP contribution is -2.40.